The van der Waals surface area contributed by atoms with E-state index < -0.39 is 4.92 Å². The van der Waals surface area contributed by atoms with Gasteiger partial charge in [-0.25, -0.2) is 4.39 Å². The van der Waals surface area contributed by atoms with Gasteiger partial charge in [0.05, 0.1) is 16.6 Å². The lowest BCUT2D eigenvalue weighted by Crippen LogP contribution is -1.95. The van der Waals surface area contributed by atoms with Crippen molar-refractivity contribution in [1.29, 1.82) is 5.26 Å². The Balaban J connectivity index is 1.74. The number of non-ortho nitro benzene ring substituents is 1. The van der Waals surface area contributed by atoms with Crippen molar-refractivity contribution in [2.75, 3.05) is 0 Å². The van der Waals surface area contributed by atoms with E-state index in [0.29, 0.717) is 16.9 Å². The van der Waals surface area contributed by atoms with Crippen LogP contribution >= 0.6 is 0 Å². The molecule has 0 aliphatic heterocycles. The number of nitrogens with zero attached hydrogens (tertiary/aromatic N) is 2. The normalized spacial score (nSPS) is 10.9. The molecule has 0 saturated heterocycles. The van der Waals surface area contributed by atoms with E-state index in [2.05, 4.69) is 6.07 Å². The van der Waals surface area contributed by atoms with Gasteiger partial charge in [0, 0.05) is 12.1 Å². The molecule has 0 radical (unpaired) electrons. The maximum Gasteiger partial charge on any atom is 0.270 e. The van der Waals surface area contributed by atoms with Crippen LogP contribution in [0.5, 0.6) is 5.75 Å². The van der Waals surface area contributed by atoms with Crippen molar-refractivity contribution in [3.05, 3.63) is 105 Å². The van der Waals surface area contributed by atoms with Gasteiger partial charge in [-0.3, -0.25) is 10.1 Å². The van der Waals surface area contributed by atoms with Crippen LogP contribution in [0, 0.1) is 27.3 Å². The minimum atomic E-state index is -0.497. The molecule has 0 aromatic heterocycles. The first-order chi connectivity index (χ1) is 13.5. The molecule has 3 aromatic rings. The second kappa shape index (κ2) is 8.60. The van der Waals surface area contributed by atoms with Gasteiger partial charge in [0.2, 0.25) is 0 Å². The molecule has 0 saturated carbocycles. The van der Waals surface area contributed by atoms with Crippen molar-refractivity contribution in [2.45, 2.75) is 6.61 Å². The lowest BCUT2D eigenvalue weighted by Gasteiger charge is -2.07. The van der Waals surface area contributed by atoms with Crippen LogP contribution in [0.1, 0.15) is 16.7 Å². The number of allylic oxidation sites excluding steroid dienone is 1. The molecule has 0 bridgehead atoms. The minimum absolute atomic E-state index is 0.0697. The van der Waals surface area contributed by atoms with Gasteiger partial charge in [-0.05, 0) is 47.0 Å². The first-order valence-corrected chi connectivity index (χ1v) is 8.39. The Morgan fingerprint density at radius 1 is 1.11 bits per heavy atom. The fourth-order valence-corrected chi connectivity index (χ4v) is 2.59. The highest BCUT2D eigenvalue weighted by Gasteiger charge is 2.09. The summed E-state index contributed by atoms with van der Waals surface area (Å²) < 4.78 is 18.8. The van der Waals surface area contributed by atoms with Crippen LogP contribution in [0.2, 0.25) is 0 Å². The van der Waals surface area contributed by atoms with E-state index >= 15 is 0 Å². The molecule has 0 heterocycles. The summed E-state index contributed by atoms with van der Waals surface area (Å²) in [6, 6.07) is 21.2. The maximum atomic E-state index is 13.2. The third-order valence-corrected chi connectivity index (χ3v) is 3.97. The van der Waals surface area contributed by atoms with Crippen LogP contribution in [-0.2, 0) is 6.61 Å². The molecule has 5 nitrogen and oxygen atoms in total. The Morgan fingerprint density at radius 2 is 1.86 bits per heavy atom. The molecule has 28 heavy (non-hydrogen) atoms. The quantitative estimate of drug-likeness (QED) is 0.251. The molecule has 0 fully saturated rings. The predicted octanol–water partition coefficient (Wildman–Crippen LogP) is 5.38. The number of nitro groups is 1. The van der Waals surface area contributed by atoms with Gasteiger partial charge < -0.3 is 4.74 Å². The number of benzene rings is 3. The highest BCUT2D eigenvalue weighted by atomic mass is 19.1. The zero-order chi connectivity index (χ0) is 19.9. The number of nitriles is 1. The topological polar surface area (TPSA) is 76.2 Å². The average Bonchev–Trinajstić information content (AvgIpc) is 2.71. The Labute approximate surface area is 161 Å². The summed E-state index contributed by atoms with van der Waals surface area (Å²) in [4.78, 5) is 10.4. The van der Waals surface area contributed by atoms with Crippen LogP contribution < -0.4 is 4.74 Å². The molecule has 0 atom stereocenters. The van der Waals surface area contributed by atoms with Crippen molar-refractivity contribution in [2.24, 2.45) is 0 Å². The van der Waals surface area contributed by atoms with E-state index in [0.717, 1.165) is 11.1 Å². The van der Waals surface area contributed by atoms with Gasteiger partial charge in [0.1, 0.15) is 18.2 Å². The fourth-order valence-electron chi connectivity index (χ4n) is 2.59. The van der Waals surface area contributed by atoms with Gasteiger partial charge in [-0.1, -0.05) is 36.4 Å². The summed E-state index contributed by atoms with van der Waals surface area (Å²) >= 11 is 0. The number of hydrogen-bond donors (Lipinski definition) is 0. The Bertz CT molecular complexity index is 1070. The fraction of sp³-hybridized carbons (Fsp3) is 0.0455. The molecule has 6 heteroatoms. The molecule has 0 aliphatic rings. The van der Waals surface area contributed by atoms with Crippen LogP contribution in [0.25, 0.3) is 11.6 Å². The molecule has 0 amide bonds. The first-order valence-electron chi connectivity index (χ1n) is 8.39. The SMILES string of the molecule is N#C/C(=C\c1ccc(OCc2cccc(F)c2)cc1)c1cccc([N+](=O)[O-])c1. The predicted molar refractivity (Wildman–Crippen MR) is 104 cm³/mol. The van der Waals surface area contributed by atoms with E-state index in [1.165, 1.54) is 24.3 Å². The number of hydrogen-bond acceptors (Lipinski definition) is 4. The van der Waals surface area contributed by atoms with Crippen molar-refractivity contribution in [3.63, 3.8) is 0 Å². The standard InChI is InChI=1S/C22H15FN2O3/c23-20-5-1-3-17(12-20)15-28-22-9-7-16(8-10-22)11-19(14-24)18-4-2-6-21(13-18)25(26)27/h1-13H,15H2/b19-11+. The van der Waals surface area contributed by atoms with Crippen LogP contribution in [0.3, 0.4) is 0 Å². The summed E-state index contributed by atoms with van der Waals surface area (Å²) in [6.45, 7) is 0.240. The molecule has 0 spiro atoms. The molecular formula is C22H15FN2O3. The minimum Gasteiger partial charge on any atom is -0.489 e. The first kappa shape index (κ1) is 18.8. The second-order valence-corrected chi connectivity index (χ2v) is 5.96. The van der Waals surface area contributed by atoms with Crippen molar-refractivity contribution >= 4 is 17.3 Å². The zero-order valence-electron chi connectivity index (χ0n) is 14.7. The summed E-state index contributed by atoms with van der Waals surface area (Å²) in [5.41, 5.74) is 2.20. The molecule has 138 valence electrons. The third-order valence-electron chi connectivity index (χ3n) is 3.97. The number of rotatable bonds is 6. The van der Waals surface area contributed by atoms with E-state index in [4.69, 9.17) is 4.74 Å². The molecule has 0 unspecified atom stereocenters. The number of nitro benzene ring substituents is 1. The van der Waals surface area contributed by atoms with Gasteiger partial charge in [0.25, 0.3) is 5.69 Å². The van der Waals surface area contributed by atoms with Crippen LogP contribution in [-0.4, -0.2) is 4.92 Å². The number of ether oxygens (including phenoxy) is 1. The second-order valence-electron chi connectivity index (χ2n) is 5.96. The third kappa shape index (κ3) is 4.80. The Kier molecular flexibility index (Phi) is 5.78. The van der Waals surface area contributed by atoms with Gasteiger partial charge in [-0.15, -0.1) is 0 Å². The molecule has 0 aliphatic carbocycles. The van der Waals surface area contributed by atoms with E-state index in [9.17, 15) is 19.8 Å². The van der Waals surface area contributed by atoms with Crippen molar-refractivity contribution in [3.8, 4) is 11.8 Å². The van der Waals surface area contributed by atoms with Crippen molar-refractivity contribution < 1.29 is 14.1 Å². The Hall–Kier alpha value is -3.98. The summed E-state index contributed by atoms with van der Waals surface area (Å²) in [6.07, 6.45) is 1.65. The van der Waals surface area contributed by atoms with E-state index in [-0.39, 0.29) is 18.1 Å². The summed E-state index contributed by atoms with van der Waals surface area (Å²) in [5, 5.41) is 20.3. The summed E-state index contributed by atoms with van der Waals surface area (Å²) in [7, 11) is 0. The smallest absolute Gasteiger partial charge is 0.270 e. The zero-order valence-corrected chi connectivity index (χ0v) is 14.7. The molecular weight excluding hydrogens is 359 g/mol. The molecule has 3 rings (SSSR count). The van der Waals surface area contributed by atoms with Gasteiger partial charge in [-0.2, -0.15) is 5.26 Å². The Morgan fingerprint density at radius 3 is 2.54 bits per heavy atom. The van der Waals surface area contributed by atoms with Gasteiger partial charge >= 0.3 is 0 Å². The monoisotopic (exact) mass is 374 g/mol. The van der Waals surface area contributed by atoms with Crippen LogP contribution in [0.4, 0.5) is 10.1 Å². The van der Waals surface area contributed by atoms with Gasteiger partial charge in [0.15, 0.2) is 0 Å². The molecule has 0 N–H and O–H groups in total. The maximum absolute atomic E-state index is 13.2. The lowest BCUT2D eigenvalue weighted by atomic mass is 10.0. The highest BCUT2D eigenvalue weighted by Crippen LogP contribution is 2.23. The van der Waals surface area contributed by atoms with E-state index in [1.807, 2.05) is 0 Å². The van der Waals surface area contributed by atoms with Crippen LogP contribution in [0.15, 0.2) is 72.8 Å². The highest BCUT2D eigenvalue weighted by molar-refractivity contribution is 5.90. The number of halogens is 1. The average molecular weight is 374 g/mol. The summed E-state index contributed by atoms with van der Waals surface area (Å²) in [5.74, 6) is 0.294. The van der Waals surface area contributed by atoms with Crippen molar-refractivity contribution in [1.82, 2.24) is 0 Å². The molecule has 3 aromatic carbocycles. The van der Waals surface area contributed by atoms with E-state index in [1.54, 1.807) is 54.6 Å². The largest absolute Gasteiger partial charge is 0.489 e. The lowest BCUT2D eigenvalue weighted by molar-refractivity contribution is -0.384.